The van der Waals surface area contributed by atoms with E-state index in [1.807, 2.05) is 6.92 Å². The maximum Gasteiger partial charge on any atom is 0.258 e. The van der Waals surface area contributed by atoms with Gasteiger partial charge in [-0.15, -0.1) is 0 Å². The van der Waals surface area contributed by atoms with Crippen molar-refractivity contribution in [2.75, 3.05) is 13.2 Å². The Kier molecular flexibility index (Phi) is 4.78. The van der Waals surface area contributed by atoms with Gasteiger partial charge in [0.05, 0.1) is 5.54 Å². The molecular formula is C14H18Cl2N2O2. The molecule has 6 heteroatoms. The standard InChI is InChI=1S/C14H18Cl2N2O2/c1-14(8-17,9-2-3-9)18-13(19)7-20-12-5-10(15)4-11(16)6-12/h4-6,9H,2-3,7-8,17H2,1H3,(H,18,19). The fourth-order valence-electron chi connectivity index (χ4n) is 2.16. The number of carbonyl (C=O) groups is 1. The van der Waals surface area contributed by atoms with Crippen molar-refractivity contribution in [1.82, 2.24) is 5.32 Å². The van der Waals surface area contributed by atoms with Crippen molar-refractivity contribution in [1.29, 1.82) is 0 Å². The molecule has 1 saturated carbocycles. The number of carbonyl (C=O) groups excluding carboxylic acids is 1. The lowest BCUT2D eigenvalue weighted by atomic mass is 9.96. The maximum absolute atomic E-state index is 11.9. The van der Waals surface area contributed by atoms with Crippen molar-refractivity contribution in [3.63, 3.8) is 0 Å². The summed E-state index contributed by atoms with van der Waals surface area (Å²) in [7, 11) is 0. The van der Waals surface area contributed by atoms with Crippen molar-refractivity contribution >= 4 is 29.1 Å². The molecule has 0 radical (unpaired) electrons. The van der Waals surface area contributed by atoms with Gasteiger partial charge in [-0.3, -0.25) is 4.79 Å². The Morgan fingerprint density at radius 2 is 2.00 bits per heavy atom. The molecule has 1 atom stereocenters. The highest BCUT2D eigenvalue weighted by Crippen LogP contribution is 2.38. The molecule has 0 heterocycles. The minimum atomic E-state index is -0.341. The van der Waals surface area contributed by atoms with Gasteiger partial charge in [0.15, 0.2) is 6.61 Å². The van der Waals surface area contributed by atoms with E-state index in [0.29, 0.717) is 28.3 Å². The molecule has 20 heavy (non-hydrogen) atoms. The SMILES string of the molecule is CC(CN)(NC(=O)COc1cc(Cl)cc(Cl)c1)C1CC1. The average Bonchev–Trinajstić information content (AvgIpc) is 3.19. The second-order valence-corrected chi connectivity index (χ2v) is 6.21. The molecule has 1 aliphatic carbocycles. The van der Waals surface area contributed by atoms with Gasteiger partial charge in [0.1, 0.15) is 5.75 Å². The van der Waals surface area contributed by atoms with Crippen molar-refractivity contribution in [2.24, 2.45) is 11.7 Å². The van der Waals surface area contributed by atoms with Gasteiger partial charge in [-0.2, -0.15) is 0 Å². The van der Waals surface area contributed by atoms with E-state index in [-0.39, 0.29) is 18.1 Å². The number of rotatable bonds is 6. The zero-order valence-electron chi connectivity index (χ0n) is 11.3. The number of halogens is 2. The summed E-state index contributed by atoms with van der Waals surface area (Å²) in [5.41, 5.74) is 5.41. The first kappa shape index (κ1) is 15.4. The second kappa shape index (κ2) is 6.20. The van der Waals surface area contributed by atoms with Crippen LogP contribution in [-0.2, 0) is 4.79 Å². The lowest BCUT2D eigenvalue weighted by molar-refractivity contribution is -0.125. The average molecular weight is 317 g/mol. The van der Waals surface area contributed by atoms with Gasteiger partial charge in [0.25, 0.3) is 5.91 Å². The van der Waals surface area contributed by atoms with Gasteiger partial charge in [-0.25, -0.2) is 0 Å². The maximum atomic E-state index is 11.9. The van der Waals surface area contributed by atoms with Crippen molar-refractivity contribution in [2.45, 2.75) is 25.3 Å². The van der Waals surface area contributed by atoms with Gasteiger partial charge < -0.3 is 15.8 Å². The highest BCUT2D eigenvalue weighted by molar-refractivity contribution is 6.34. The smallest absolute Gasteiger partial charge is 0.258 e. The third-order valence-electron chi connectivity index (χ3n) is 3.53. The number of nitrogens with one attached hydrogen (secondary N) is 1. The molecular weight excluding hydrogens is 299 g/mol. The zero-order chi connectivity index (χ0) is 14.8. The van der Waals surface area contributed by atoms with Gasteiger partial charge in [0, 0.05) is 16.6 Å². The van der Waals surface area contributed by atoms with E-state index in [0.717, 1.165) is 12.8 Å². The summed E-state index contributed by atoms with van der Waals surface area (Å²) in [6, 6.07) is 4.84. The molecule has 2 rings (SSSR count). The van der Waals surface area contributed by atoms with Crippen LogP contribution >= 0.6 is 23.2 Å². The Morgan fingerprint density at radius 3 is 2.50 bits per heavy atom. The fraction of sp³-hybridized carbons (Fsp3) is 0.500. The Bertz CT molecular complexity index is 486. The van der Waals surface area contributed by atoms with Crippen LogP contribution in [0, 0.1) is 5.92 Å². The molecule has 4 nitrogen and oxygen atoms in total. The summed E-state index contributed by atoms with van der Waals surface area (Å²) < 4.78 is 5.40. The lowest BCUT2D eigenvalue weighted by Gasteiger charge is -2.29. The number of ether oxygens (including phenoxy) is 1. The topological polar surface area (TPSA) is 64.3 Å². The highest BCUT2D eigenvalue weighted by Gasteiger charge is 2.41. The van der Waals surface area contributed by atoms with Crippen LogP contribution in [0.25, 0.3) is 0 Å². The molecule has 110 valence electrons. The molecule has 0 aliphatic heterocycles. The molecule has 1 amide bonds. The summed E-state index contributed by atoms with van der Waals surface area (Å²) in [6.07, 6.45) is 2.22. The van der Waals surface area contributed by atoms with Crippen LogP contribution in [-0.4, -0.2) is 24.6 Å². The number of nitrogens with two attached hydrogens (primary N) is 1. The van der Waals surface area contributed by atoms with Crippen molar-refractivity contribution < 1.29 is 9.53 Å². The van der Waals surface area contributed by atoms with E-state index in [2.05, 4.69) is 5.32 Å². The summed E-state index contributed by atoms with van der Waals surface area (Å²) in [5.74, 6) is 0.747. The van der Waals surface area contributed by atoms with Crippen molar-refractivity contribution in [3.8, 4) is 5.75 Å². The Hall–Kier alpha value is -0.970. The molecule has 0 aromatic heterocycles. The molecule has 0 bridgehead atoms. The quantitative estimate of drug-likeness (QED) is 0.848. The summed E-state index contributed by atoms with van der Waals surface area (Å²) in [6.45, 7) is 2.31. The van der Waals surface area contributed by atoms with Crippen molar-refractivity contribution in [3.05, 3.63) is 28.2 Å². The van der Waals surface area contributed by atoms with E-state index < -0.39 is 0 Å². The predicted molar refractivity (Wildman–Crippen MR) is 80.3 cm³/mol. The highest BCUT2D eigenvalue weighted by atomic mass is 35.5. The fourth-order valence-corrected chi connectivity index (χ4v) is 2.66. The minimum absolute atomic E-state index is 0.0843. The largest absolute Gasteiger partial charge is 0.484 e. The molecule has 1 aliphatic rings. The van der Waals surface area contributed by atoms with Crippen LogP contribution in [0.2, 0.25) is 10.0 Å². The zero-order valence-corrected chi connectivity index (χ0v) is 12.8. The molecule has 1 aromatic carbocycles. The molecule has 3 N–H and O–H groups in total. The van der Waals surface area contributed by atoms with Crippen LogP contribution in [0.1, 0.15) is 19.8 Å². The second-order valence-electron chi connectivity index (χ2n) is 5.34. The number of amides is 1. The van der Waals surface area contributed by atoms with E-state index in [9.17, 15) is 4.79 Å². The summed E-state index contributed by atoms with van der Waals surface area (Å²) in [5, 5.41) is 3.89. The van der Waals surface area contributed by atoms with Crippen LogP contribution in [0.4, 0.5) is 0 Å². The van der Waals surface area contributed by atoms with E-state index >= 15 is 0 Å². The Labute approximate surface area is 128 Å². The molecule has 1 aromatic rings. The first-order chi connectivity index (χ1) is 9.43. The van der Waals surface area contributed by atoms with Crippen LogP contribution in [0.15, 0.2) is 18.2 Å². The predicted octanol–water partition coefficient (Wildman–Crippen LogP) is 2.62. The molecule has 0 saturated heterocycles. The van der Waals surface area contributed by atoms with Gasteiger partial charge >= 0.3 is 0 Å². The Balaban J connectivity index is 1.88. The lowest BCUT2D eigenvalue weighted by Crippen LogP contribution is -2.54. The molecule has 1 unspecified atom stereocenters. The monoisotopic (exact) mass is 316 g/mol. The number of hydrogen-bond donors (Lipinski definition) is 2. The van der Waals surface area contributed by atoms with Crippen LogP contribution in [0.5, 0.6) is 5.75 Å². The van der Waals surface area contributed by atoms with E-state index in [1.54, 1.807) is 18.2 Å². The third-order valence-corrected chi connectivity index (χ3v) is 3.97. The third kappa shape index (κ3) is 4.01. The number of hydrogen-bond acceptors (Lipinski definition) is 3. The van der Waals surface area contributed by atoms with Gasteiger partial charge in [-0.1, -0.05) is 23.2 Å². The van der Waals surface area contributed by atoms with E-state index in [1.165, 1.54) is 0 Å². The van der Waals surface area contributed by atoms with E-state index in [4.69, 9.17) is 33.7 Å². The van der Waals surface area contributed by atoms with Crippen LogP contribution in [0.3, 0.4) is 0 Å². The molecule has 0 spiro atoms. The van der Waals surface area contributed by atoms with Crippen LogP contribution < -0.4 is 15.8 Å². The minimum Gasteiger partial charge on any atom is -0.484 e. The normalized spacial score (nSPS) is 17.4. The summed E-state index contributed by atoms with van der Waals surface area (Å²) >= 11 is 11.7. The summed E-state index contributed by atoms with van der Waals surface area (Å²) in [4.78, 5) is 11.9. The Morgan fingerprint density at radius 1 is 1.40 bits per heavy atom. The first-order valence-corrected chi connectivity index (χ1v) is 7.28. The number of benzene rings is 1. The van der Waals surface area contributed by atoms with Gasteiger partial charge in [0.2, 0.25) is 0 Å². The van der Waals surface area contributed by atoms with Gasteiger partial charge in [-0.05, 0) is 43.9 Å². The first-order valence-electron chi connectivity index (χ1n) is 6.53. The molecule has 1 fully saturated rings.